The minimum atomic E-state index is -1.11. The second-order valence-corrected chi connectivity index (χ2v) is 8.93. The van der Waals surface area contributed by atoms with Crippen LogP contribution < -0.4 is 4.40 Å². The average molecular weight is 351 g/mol. The van der Waals surface area contributed by atoms with Crippen LogP contribution in [0.4, 0.5) is 4.79 Å². The van der Waals surface area contributed by atoms with E-state index in [0.29, 0.717) is 26.1 Å². The summed E-state index contributed by atoms with van der Waals surface area (Å²) in [6, 6.07) is 9.67. The summed E-state index contributed by atoms with van der Waals surface area (Å²) in [6.07, 6.45) is 2.12. The Bertz CT molecular complexity index is 608. The van der Waals surface area contributed by atoms with Crippen LogP contribution in [0.15, 0.2) is 30.3 Å². The number of ether oxygens (including phenoxy) is 1. The molecule has 24 heavy (non-hydrogen) atoms. The number of carbonyl (C=O) groups excluding carboxylic acids is 1. The fourth-order valence-corrected chi connectivity index (χ4v) is 3.14. The number of likely N-dealkylation sites (tertiary alicyclic amines) is 1. The van der Waals surface area contributed by atoms with E-state index in [4.69, 9.17) is 4.74 Å². The summed E-state index contributed by atoms with van der Waals surface area (Å²) in [7, 11) is -1.11. The Kier molecular flexibility index (Phi) is 6.54. The molecule has 1 aromatic rings. The van der Waals surface area contributed by atoms with Gasteiger partial charge in [0.15, 0.2) is 5.71 Å². The molecule has 2 rings (SSSR count). The van der Waals surface area contributed by atoms with Crippen molar-refractivity contribution in [3.63, 3.8) is 0 Å². The number of amides is 1. The third-order valence-electron chi connectivity index (χ3n) is 3.85. The van der Waals surface area contributed by atoms with Gasteiger partial charge in [-0.05, 0) is 32.8 Å². The molecule has 1 saturated heterocycles. The van der Waals surface area contributed by atoms with Gasteiger partial charge in [-0.25, -0.2) is 4.79 Å². The van der Waals surface area contributed by atoms with Crippen molar-refractivity contribution in [1.29, 1.82) is 0 Å². The molecule has 6 heteroatoms. The topological polar surface area (TPSA) is 60.6 Å². The molecular formula is C18H27N2O3S+. The van der Waals surface area contributed by atoms with Crippen LogP contribution in [-0.4, -0.2) is 38.8 Å². The molecule has 1 atom stereocenters. The van der Waals surface area contributed by atoms with E-state index in [9.17, 15) is 9.00 Å². The second kappa shape index (κ2) is 8.42. The zero-order valence-corrected chi connectivity index (χ0v) is 15.5. The van der Waals surface area contributed by atoms with Crippen LogP contribution in [0, 0.1) is 0 Å². The highest BCUT2D eigenvalue weighted by Gasteiger charge is 2.27. The Morgan fingerprint density at radius 3 is 2.58 bits per heavy atom. The molecule has 1 heterocycles. The lowest BCUT2D eigenvalue weighted by molar-refractivity contribution is -0.263. The Morgan fingerprint density at radius 1 is 1.21 bits per heavy atom. The smallest absolute Gasteiger partial charge is 0.410 e. The van der Waals surface area contributed by atoms with E-state index in [2.05, 4.69) is 4.40 Å². The average Bonchev–Trinajstić information content (AvgIpc) is 2.78. The predicted octanol–water partition coefficient (Wildman–Crippen LogP) is 1.79. The summed E-state index contributed by atoms with van der Waals surface area (Å²) in [4.78, 5) is 14.0. The molecule has 0 spiro atoms. The minimum absolute atomic E-state index is 0.281. The first-order valence-corrected chi connectivity index (χ1v) is 9.50. The first kappa shape index (κ1) is 18.6. The summed E-state index contributed by atoms with van der Waals surface area (Å²) in [5, 5.41) is 0. The van der Waals surface area contributed by atoms with Gasteiger partial charge in [-0.15, -0.1) is 0 Å². The fraction of sp³-hybridized carbons (Fsp3) is 0.556. The molecule has 1 N–H and O–H groups in total. The monoisotopic (exact) mass is 351 g/mol. The molecular weight excluding hydrogens is 324 g/mol. The molecule has 1 unspecified atom stereocenters. The van der Waals surface area contributed by atoms with E-state index in [1.807, 2.05) is 51.1 Å². The molecule has 0 radical (unpaired) electrons. The summed E-state index contributed by atoms with van der Waals surface area (Å²) >= 11 is 0. The third-order valence-corrected chi connectivity index (χ3v) is 5.43. The predicted molar refractivity (Wildman–Crippen MR) is 95.9 cm³/mol. The maximum Gasteiger partial charge on any atom is 0.410 e. The lowest BCUT2D eigenvalue weighted by Crippen LogP contribution is -2.77. The molecule has 1 aliphatic heterocycles. The van der Waals surface area contributed by atoms with Crippen LogP contribution in [0.2, 0.25) is 0 Å². The van der Waals surface area contributed by atoms with Gasteiger partial charge in [-0.1, -0.05) is 30.3 Å². The first-order chi connectivity index (χ1) is 11.4. The van der Waals surface area contributed by atoms with E-state index < -0.39 is 11.0 Å². The molecule has 5 nitrogen and oxygen atoms in total. The minimum Gasteiger partial charge on any atom is -0.445 e. The van der Waals surface area contributed by atoms with Gasteiger partial charge in [0.1, 0.15) is 6.61 Å². The Hall–Kier alpha value is -1.69. The molecule has 132 valence electrons. The molecule has 1 aliphatic rings. The second-order valence-electron chi connectivity index (χ2n) is 6.97. The fourth-order valence-electron chi connectivity index (χ4n) is 2.37. The Morgan fingerprint density at radius 2 is 1.92 bits per heavy atom. The summed E-state index contributed by atoms with van der Waals surface area (Å²) in [5.74, 6) is 0. The van der Waals surface area contributed by atoms with E-state index in [1.54, 1.807) is 4.90 Å². The van der Waals surface area contributed by atoms with Crippen LogP contribution in [0.3, 0.4) is 0 Å². The number of nitrogens with one attached hydrogen (secondary N) is 1. The zero-order valence-electron chi connectivity index (χ0n) is 14.7. The van der Waals surface area contributed by atoms with Crippen LogP contribution in [0.25, 0.3) is 0 Å². The molecule has 0 aliphatic carbocycles. The Balaban J connectivity index is 1.87. The van der Waals surface area contributed by atoms with Gasteiger partial charge < -0.3 is 9.64 Å². The van der Waals surface area contributed by atoms with Gasteiger partial charge in [0.05, 0.1) is 4.75 Å². The van der Waals surface area contributed by atoms with Gasteiger partial charge in [0, 0.05) is 25.9 Å². The first-order valence-electron chi connectivity index (χ1n) is 8.35. The maximum absolute atomic E-state index is 12.2. The Labute approximate surface area is 146 Å². The number of nitrogens with zero attached hydrogens (tertiary/aromatic N) is 1. The van der Waals surface area contributed by atoms with E-state index in [0.717, 1.165) is 24.1 Å². The SMILES string of the molecule is CC(C)(C)S(=O)/[NH+]=C1\CCCN(C(=O)OCc2ccccc2)CC1. The van der Waals surface area contributed by atoms with Crippen molar-refractivity contribution in [3.05, 3.63) is 35.9 Å². The normalized spacial score (nSPS) is 19.0. The van der Waals surface area contributed by atoms with E-state index >= 15 is 0 Å². The van der Waals surface area contributed by atoms with Crippen molar-refractivity contribution < 1.29 is 18.1 Å². The van der Waals surface area contributed by atoms with Crippen LogP contribution in [-0.2, 0) is 22.3 Å². The number of benzene rings is 1. The standard InChI is InChI=1S/C18H26N2O3S/c1-18(2,3)24(22)19-16-10-7-12-20(13-11-16)17(21)23-14-15-8-5-4-6-9-15/h4-6,8-9H,7,10-14H2,1-3H3/p+1/b19-16+. The van der Waals surface area contributed by atoms with E-state index in [-0.39, 0.29) is 10.8 Å². The molecule has 1 amide bonds. The van der Waals surface area contributed by atoms with Crippen molar-refractivity contribution in [1.82, 2.24) is 4.90 Å². The zero-order chi connectivity index (χ0) is 17.6. The molecule has 1 aromatic carbocycles. The number of hydrogen-bond donors (Lipinski definition) is 1. The number of rotatable bonds is 3. The summed E-state index contributed by atoms with van der Waals surface area (Å²) in [6.45, 7) is 7.39. The van der Waals surface area contributed by atoms with Gasteiger partial charge in [0.2, 0.25) is 0 Å². The largest absolute Gasteiger partial charge is 0.445 e. The number of hydrogen-bond acceptors (Lipinski definition) is 3. The van der Waals surface area contributed by atoms with Crippen molar-refractivity contribution in [2.24, 2.45) is 0 Å². The van der Waals surface area contributed by atoms with Crippen LogP contribution in [0.5, 0.6) is 0 Å². The molecule has 0 saturated carbocycles. The highest BCUT2D eigenvalue weighted by atomic mass is 32.2. The quantitative estimate of drug-likeness (QED) is 0.903. The van der Waals surface area contributed by atoms with Gasteiger partial charge in [-0.2, -0.15) is 8.61 Å². The number of carbonyl (C=O) groups is 1. The molecule has 1 fully saturated rings. The van der Waals surface area contributed by atoms with Crippen LogP contribution >= 0.6 is 0 Å². The van der Waals surface area contributed by atoms with Crippen molar-refractivity contribution in [2.45, 2.75) is 51.4 Å². The van der Waals surface area contributed by atoms with Crippen LogP contribution in [0.1, 0.15) is 45.6 Å². The van der Waals surface area contributed by atoms with Crippen molar-refractivity contribution in [3.8, 4) is 0 Å². The lowest BCUT2D eigenvalue weighted by Gasteiger charge is -2.19. The summed E-state index contributed by atoms with van der Waals surface area (Å²) in [5.41, 5.74) is 2.04. The maximum atomic E-state index is 12.2. The van der Waals surface area contributed by atoms with Gasteiger partial charge in [0.25, 0.3) is 11.0 Å². The van der Waals surface area contributed by atoms with Crippen molar-refractivity contribution in [2.75, 3.05) is 13.1 Å². The van der Waals surface area contributed by atoms with Gasteiger partial charge >= 0.3 is 6.09 Å². The molecule has 0 aromatic heterocycles. The highest BCUT2D eigenvalue weighted by molar-refractivity contribution is 7.79. The van der Waals surface area contributed by atoms with Crippen molar-refractivity contribution >= 4 is 22.8 Å². The highest BCUT2D eigenvalue weighted by Crippen LogP contribution is 2.10. The lowest BCUT2D eigenvalue weighted by atomic mass is 10.2. The summed E-state index contributed by atoms with van der Waals surface area (Å²) < 4.78 is 20.4. The van der Waals surface area contributed by atoms with E-state index in [1.165, 1.54) is 0 Å². The van der Waals surface area contributed by atoms with Gasteiger partial charge in [-0.3, -0.25) is 0 Å². The third kappa shape index (κ3) is 5.74. The molecule has 0 bridgehead atoms.